The van der Waals surface area contributed by atoms with Crippen LogP contribution in [0.5, 0.6) is 0 Å². The summed E-state index contributed by atoms with van der Waals surface area (Å²) < 4.78 is 0. The Bertz CT molecular complexity index is 471. The first-order valence-corrected chi connectivity index (χ1v) is 7.85. The largest absolute Gasteiger partial charge is 0.229 e. The maximum absolute atomic E-state index is 5.76. The standard InChI is InChI=1S/C16H20O2S/c1-12-8-9-13-10-15(12)17-18-16(13,2)11-19-14-6-4-3-5-7-14/h3-8,13,15H,9-11H2,1-2H3/t13-,15-,16-/m1/s1. The molecule has 1 aliphatic carbocycles. The van der Waals surface area contributed by atoms with Crippen molar-refractivity contribution in [2.45, 2.75) is 43.3 Å². The number of fused-ring (bicyclic) bond motifs is 2. The first-order chi connectivity index (χ1) is 9.17. The fourth-order valence-electron chi connectivity index (χ4n) is 2.74. The molecule has 2 nitrogen and oxygen atoms in total. The second-order valence-electron chi connectivity index (χ2n) is 5.70. The lowest BCUT2D eigenvalue weighted by Gasteiger charge is -2.45. The average Bonchev–Trinajstić information content (AvgIpc) is 2.45. The SMILES string of the molecule is CC1=CC[C@@H]2C[C@H]1OO[C@]2(C)CSc1ccccc1. The summed E-state index contributed by atoms with van der Waals surface area (Å²) in [6.45, 7) is 4.31. The molecule has 2 aliphatic rings. The monoisotopic (exact) mass is 276 g/mol. The number of thioether (sulfide) groups is 1. The highest BCUT2D eigenvalue weighted by atomic mass is 32.2. The van der Waals surface area contributed by atoms with E-state index in [0.29, 0.717) is 5.92 Å². The predicted molar refractivity (Wildman–Crippen MR) is 78.0 cm³/mol. The van der Waals surface area contributed by atoms with Crippen LogP contribution in [0.2, 0.25) is 0 Å². The van der Waals surface area contributed by atoms with Gasteiger partial charge in [0.1, 0.15) is 11.7 Å². The molecular formula is C16H20O2S. The molecule has 1 aromatic carbocycles. The number of hydrogen-bond donors (Lipinski definition) is 0. The fourth-order valence-corrected chi connectivity index (χ4v) is 3.82. The molecule has 0 unspecified atom stereocenters. The Morgan fingerprint density at radius 2 is 2.11 bits per heavy atom. The molecule has 2 bridgehead atoms. The number of rotatable bonds is 3. The van der Waals surface area contributed by atoms with E-state index in [9.17, 15) is 0 Å². The van der Waals surface area contributed by atoms with Crippen molar-refractivity contribution in [1.29, 1.82) is 0 Å². The van der Waals surface area contributed by atoms with Crippen LogP contribution in [0.1, 0.15) is 26.7 Å². The molecule has 0 radical (unpaired) electrons. The van der Waals surface area contributed by atoms with Crippen LogP contribution in [0.4, 0.5) is 0 Å². The smallest absolute Gasteiger partial charge is 0.114 e. The lowest BCUT2D eigenvalue weighted by atomic mass is 9.77. The minimum atomic E-state index is -0.186. The number of benzene rings is 1. The average molecular weight is 276 g/mol. The molecule has 1 fully saturated rings. The van der Waals surface area contributed by atoms with Crippen LogP contribution < -0.4 is 0 Å². The normalized spacial score (nSPS) is 33.9. The Balaban J connectivity index is 1.67. The van der Waals surface area contributed by atoms with Gasteiger partial charge in [-0.25, -0.2) is 9.78 Å². The van der Waals surface area contributed by atoms with Crippen molar-refractivity contribution in [3.8, 4) is 0 Å². The third-order valence-electron chi connectivity index (χ3n) is 4.22. The Hall–Kier alpha value is -0.770. The summed E-state index contributed by atoms with van der Waals surface area (Å²) in [4.78, 5) is 12.6. The van der Waals surface area contributed by atoms with E-state index in [1.54, 1.807) is 0 Å². The molecule has 1 aromatic rings. The van der Waals surface area contributed by atoms with Crippen LogP contribution in [0, 0.1) is 5.92 Å². The molecule has 1 aliphatic heterocycles. The van der Waals surface area contributed by atoms with Crippen molar-refractivity contribution in [1.82, 2.24) is 0 Å². The zero-order valence-corrected chi connectivity index (χ0v) is 12.3. The van der Waals surface area contributed by atoms with Crippen molar-refractivity contribution >= 4 is 11.8 Å². The van der Waals surface area contributed by atoms with Crippen molar-refractivity contribution in [3.63, 3.8) is 0 Å². The minimum Gasteiger partial charge on any atom is -0.229 e. The third-order valence-corrected chi connectivity index (χ3v) is 5.54. The summed E-state index contributed by atoms with van der Waals surface area (Å²) >= 11 is 1.85. The summed E-state index contributed by atoms with van der Waals surface area (Å²) in [5.41, 5.74) is 1.13. The van der Waals surface area contributed by atoms with Gasteiger partial charge in [-0.3, -0.25) is 0 Å². The summed E-state index contributed by atoms with van der Waals surface area (Å²) in [5, 5.41) is 0. The highest BCUT2D eigenvalue weighted by Gasteiger charge is 2.44. The van der Waals surface area contributed by atoms with Gasteiger partial charge in [0.2, 0.25) is 0 Å². The molecule has 1 heterocycles. The van der Waals surface area contributed by atoms with Crippen LogP contribution in [0.25, 0.3) is 0 Å². The molecular weight excluding hydrogens is 256 g/mol. The fraction of sp³-hybridized carbons (Fsp3) is 0.500. The molecule has 0 aromatic heterocycles. The van der Waals surface area contributed by atoms with Crippen LogP contribution in [0.3, 0.4) is 0 Å². The van der Waals surface area contributed by atoms with E-state index in [1.165, 1.54) is 10.5 Å². The van der Waals surface area contributed by atoms with E-state index in [1.807, 2.05) is 17.8 Å². The Morgan fingerprint density at radius 1 is 1.32 bits per heavy atom. The highest BCUT2D eigenvalue weighted by molar-refractivity contribution is 7.99. The molecule has 3 atom stereocenters. The molecule has 102 valence electrons. The van der Waals surface area contributed by atoms with E-state index in [0.717, 1.165) is 18.6 Å². The van der Waals surface area contributed by atoms with Gasteiger partial charge in [-0.2, -0.15) is 0 Å². The van der Waals surface area contributed by atoms with Gasteiger partial charge in [0.15, 0.2) is 0 Å². The molecule has 0 saturated carbocycles. The maximum atomic E-state index is 5.76. The van der Waals surface area contributed by atoms with Gasteiger partial charge < -0.3 is 0 Å². The second kappa shape index (κ2) is 5.31. The van der Waals surface area contributed by atoms with Crippen molar-refractivity contribution in [2.75, 3.05) is 5.75 Å². The Labute approximate surface area is 119 Å². The van der Waals surface area contributed by atoms with Gasteiger partial charge in [0.25, 0.3) is 0 Å². The zero-order valence-electron chi connectivity index (χ0n) is 11.5. The quantitative estimate of drug-likeness (QED) is 0.468. The number of hydrogen-bond acceptors (Lipinski definition) is 3. The van der Waals surface area contributed by atoms with Gasteiger partial charge in [-0.05, 0) is 50.3 Å². The molecule has 0 amide bonds. The lowest BCUT2D eigenvalue weighted by molar-refractivity contribution is -0.408. The molecule has 0 N–H and O–H groups in total. The van der Waals surface area contributed by atoms with Gasteiger partial charge >= 0.3 is 0 Å². The Kier molecular flexibility index (Phi) is 3.70. The van der Waals surface area contributed by atoms with Gasteiger partial charge in [-0.15, -0.1) is 11.8 Å². The first kappa shape index (κ1) is 13.2. The summed E-state index contributed by atoms with van der Waals surface area (Å²) in [6.07, 6.45) is 4.69. The van der Waals surface area contributed by atoms with E-state index in [-0.39, 0.29) is 11.7 Å². The van der Waals surface area contributed by atoms with Crippen LogP contribution >= 0.6 is 11.8 Å². The number of allylic oxidation sites excluding steroid dienone is 1. The molecule has 1 saturated heterocycles. The van der Waals surface area contributed by atoms with Gasteiger partial charge in [0, 0.05) is 10.6 Å². The zero-order chi connectivity index (χ0) is 13.3. The minimum absolute atomic E-state index is 0.175. The summed E-state index contributed by atoms with van der Waals surface area (Å²) in [7, 11) is 0. The molecule has 0 spiro atoms. The summed E-state index contributed by atoms with van der Waals surface area (Å²) in [5.74, 6) is 1.49. The van der Waals surface area contributed by atoms with Gasteiger partial charge in [0.05, 0.1) is 0 Å². The van der Waals surface area contributed by atoms with E-state index in [4.69, 9.17) is 9.78 Å². The molecule has 3 heteroatoms. The first-order valence-electron chi connectivity index (χ1n) is 6.86. The summed E-state index contributed by atoms with van der Waals surface area (Å²) in [6, 6.07) is 10.5. The predicted octanol–water partition coefficient (Wildman–Crippen LogP) is 4.22. The van der Waals surface area contributed by atoms with E-state index >= 15 is 0 Å². The lowest BCUT2D eigenvalue weighted by Crippen LogP contribution is -2.49. The van der Waals surface area contributed by atoms with Crippen molar-refractivity contribution in [3.05, 3.63) is 42.0 Å². The topological polar surface area (TPSA) is 18.5 Å². The van der Waals surface area contributed by atoms with Crippen molar-refractivity contribution in [2.24, 2.45) is 5.92 Å². The van der Waals surface area contributed by atoms with Gasteiger partial charge in [-0.1, -0.05) is 24.3 Å². The maximum Gasteiger partial charge on any atom is 0.114 e. The van der Waals surface area contributed by atoms with E-state index in [2.05, 4.69) is 44.2 Å². The highest BCUT2D eigenvalue weighted by Crippen LogP contribution is 2.43. The molecule has 19 heavy (non-hydrogen) atoms. The van der Waals surface area contributed by atoms with Crippen LogP contribution in [-0.4, -0.2) is 17.5 Å². The van der Waals surface area contributed by atoms with Crippen molar-refractivity contribution < 1.29 is 9.78 Å². The second-order valence-corrected chi connectivity index (χ2v) is 6.75. The third kappa shape index (κ3) is 2.73. The van der Waals surface area contributed by atoms with E-state index < -0.39 is 0 Å². The molecule has 3 rings (SSSR count). The van der Waals surface area contributed by atoms with Crippen LogP contribution in [0.15, 0.2) is 46.9 Å². The Morgan fingerprint density at radius 3 is 2.89 bits per heavy atom. The van der Waals surface area contributed by atoms with Crippen LogP contribution in [-0.2, 0) is 9.78 Å².